The van der Waals surface area contributed by atoms with Crippen LogP contribution in [-0.2, 0) is 9.53 Å². The van der Waals surface area contributed by atoms with Crippen LogP contribution in [0.5, 0.6) is 0 Å². The molecule has 0 amide bonds. The number of esters is 1. The van der Waals surface area contributed by atoms with Crippen LogP contribution < -0.4 is 0 Å². The Labute approximate surface area is 140 Å². The number of pyridine rings is 1. The molecule has 0 saturated heterocycles. The first-order valence-corrected chi connectivity index (χ1v) is 7.49. The SMILES string of the molecule is COC(=O)/C=C(\C)c1cncc(-c2cnn(-c3ccccc3)c2)c1. The molecule has 0 spiro atoms. The number of benzene rings is 1. The molecule has 0 atom stereocenters. The predicted octanol–water partition coefficient (Wildman–Crippen LogP) is 3.51. The first-order chi connectivity index (χ1) is 11.7. The van der Waals surface area contributed by atoms with Crippen molar-refractivity contribution in [1.29, 1.82) is 0 Å². The zero-order valence-corrected chi connectivity index (χ0v) is 13.5. The van der Waals surface area contributed by atoms with Crippen LogP contribution >= 0.6 is 0 Å². The van der Waals surface area contributed by atoms with Crippen LogP contribution in [0.3, 0.4) is 0 Å². The van der Waals surface area contributed by atoms with Crippen LogP contribution in [0.15, 0.2) is 67.3 Å². The van der Waals surface area contributed by atoms with Crippen LogP contribution in [0.25, 0.3) is 22.4 Å². The van der Waals surface area contributed by atoms with Gasteiger partial charge in [0.2, 0.25) is 0 Å². The highest BCUT2D eigenvalue weighted by Gasteiger charge is 2.07. The second kappa shape index (κ2) is 6.91. The lowest BCUT2D eigenvalue weighted by atomic mass is 10.1. The highest BCUT2D eigenvalue weighted by atomic mass is 16.5. The monoisotopic (exact) mass is 319 g/mol. The Morgan fingerprint density at radius 1 is 1.12 bits per heavy atom. The molecule has 0 bridgehead atoms. The molecule has 120 valence electrons. The maximum atomic E-state index is 11.4. The molecule has 3 aromatic rings. The van der Waals surface area contributed by atoms with Crippen molar-refractivity contribution in [3.05, 3.63) is 72.8 Å². The van der Waals surface area contributed by atoms with E-state index in [0.29, 0.717) is 0 Å². The zero-order valence-electron chi connectivity index (χ0n) is 13.5. The molecule has 0 fully saturated rings. The largest absolute Gasteiger partial charge is 0.466 e. The lowest BCUT2D eigenvalue weighted by molar-refractivity contribution is -0.134. The first kappa shape index (κ1) is 15.7. The third-order valence-corrected chi connectivity index (χ3v) is 3.67. The number of rotatable bonds is 4. The number of hydrogen-bond donors (Lipinski definition) is 0. The standard InChI is InChI=1S/C19H17N3O2/c1-14(8-19(23)24-2)15-9-16(11-20-10-15)17-12-21-22(13-17)18-6-4-3-5-7-18/h3-13H,1-2H3/b14-8+. The van der Waals surface area contributed by atoms with Gasteiger partial charge < -0.3 is 4.74 Å². The van der Waals surface area contributed by atoms with Gasteiger partial charge in [-0.3, -0.25) is 4.98 Å². The van der Waals surface area contributed by atoms with Crippen LogP contribution in [0.1, 0.15) is 12.5 Å². The van der Waals surface area contributed by atoms with Gasteiger partial charge in [-0.1, -0.05) is 18.2 Å². The van der Waals surface area contributed by atoms with Gasteiger partial charge in [0.1, 0.15) is 0 Å². The Morgan fingerprint density at radius 3 is 2.67 bits per heavy atom. The Morgan fingerprint density at radius 2 is 1.92 bits per heavy atom. The van der Waals surface area contributed by atoms with E-state index in [1.165, 1.54) is 13.2 Å². The third-order valence-electron chi connectivity index (χ3n) is 3.67. The Balaban J connectivity index is 1.91. The Bertz CT molecular complexity index is 882. The number of para-hydroxylation sites is 1. The lowest BCUT2D eigenvalue weighted by Crippen LogP contribution is -1.96. The number of carbonyl (C=O) groups excluding carboxylic acids is 1. The van der Waals surface area contributed by atoms with Crippen molar-refractivity contribution in [2.24, 2.45) is 0 Å². The number of aromatic nitrogens is 3. The molecule has 0 aliphatic carbocycles. The number of ether oxygens (including phenoxy) is 1. The molecule has 24 heavy (non-hydrogen) atoms. The first-order valence-electron chi connectivity index (χ1n) is 7.49. The topological polar surface area (TPSA) is 57.0 Å². The normalized spacial score (nSPS) is 11.3. The lowest BCUT2D eigenvalue weighted by Gasteiger charge is -2.04. The summed E-state index contributed by atoms with van der Waals surface area (Å²) >= 11 is 0. The quantitative estimate of drug-likeness (QED) is 0.545. The highest BCUT2D eigenvalue weighted by molar-refractivity contribution is 5.91. The minimum absolute atomic E-state index is 0.380. The van der Waals surface area contributed by atoms with Crippen molar-refractivity contribution in [2.45, 2.75) is 6.92 Å². The van der Waals surface area contributed by atoms with E-state index >= 15 is 0 Å². The van der Waals surface area contributed by atoms with Crippen molar-refractivity contribution in [1.82, 2.24) is 14.8 Å². The van der Waals surface area contributed by atoms with E-state index in [9.17, 15) is 4.79 Å². The van der Waals surface area contributed by atoms with Crippen molar-refractivity contribution in [3.63, 3.8) is 0 Å². The molecule has 0 unspecified atom stereocenters. The van der Waals surface area contributed by atoms with E-state index in [2.05, 4.69) is 14.8 Å². The summed E-state index contributed by atoms with van der Waals surface area (Å²) in [5.41, 5.74) is 4.55. The second-order valence-electron chi connectivity index (χ2n) is 5.32. The van der Waals surface area contributed by atoms with Crippen LogP contribution in [0.4, 0.5) is 0 Å². The molecule has 0 saturated carbocycles. The summed E-state index contributed by atoms with van der Waals surface area (Å²) in [5.74, 6) is -0.380. The molecule has 0 N–H and O–H groups in total. The van der Waals surface area contributed by atoms with E-state index in [1.54, 1.807) is 18.6 Å². The van der Waals surface area contributed by atoms with Gasteiger partial charge in [-0.25, -0.2) is 9.48 Å². The summed E-state index contributed by atoms with van der Waals surface area (Å²) in [6.07, 6.45) is 8.71. The Kier molecular flexibility index (Phi) is 4.52. The summed E-state index contributed by atoms with van der Waals surface area (Å²) < 4.78 is 6.48. The second-order valence-corrected chi connectivity index (χ2v) is 5.32. The Hall–Kier alpha value is -3.21. The molecule has 3 rings (SSSR count). The van der Waals surface area contributed by atoms with E-state index in [-0.39, 0.29) is 5.97 Å². The number of hydrogen-bond acceptors (Lipinski definition) is 4. The van der Waals surface area contributed by atoms with Gasteiger partial charge in [-0.15, -0.1) is 0 Å². The van der Waals surface area contributed by atoms with E-state index < -0.39 is 0 Å². The average Bonchev–Trinajstić information content (AvgIpc) is 3.12. The summed E-state index contributed by atoms with van der Waals surface area (Å²) in [4.78, 5) is 15.6. The molecular weight excluding hydrogens is 302 g/mol. The maximum absolute atomic E-state index is 11.4. The van der Waals surface area contributed by atoms with Crippen molar-refractivity contribution < 1.29 is 9.53 Å². The molecule has 1 aromatic carbocycles. The van der Waals surface area contributed by atoms with Crippen molar-refractivity contribution in [3.8, 4) is 16.8 Å². The van der Waals surface area contributed by atoms with Gasteiger partial charge in [0.05, 0.1) is 19.0 Å². The highest BCUT2D eigenvalue weighted by Crippen LogP contribution is 2.23. The molecule has 5 nitrogen and oxygen atoms in total. The predicted molar refractivity (Wildman–Crippen MR) is 92.5 cm³/mol. The average molecular weight is 319 g/mol. The van der Waals surface area contributed by atoms with E-state index in [1.807, 2.05) is 54.2 Å². The van der Waals surface area contributed by atoms with Crippen LogP contribution in [0, 0.1) is 0 Å². The molecule has 2 aromatic heterocycles. The molecule has 5 heteroatoms. The molecule has 2 heterocycles. The van der Waals surface area contributed by atoms with Gasteiger partial charge in [0.25, 0.3) is 0 Å². The molecule has 0 radical (unpaired) electrons. The van der Waals surface area contributed by atoms with Gasteiger partial charge >= 0.3 is 5.97 Å². The number of methoxy groups -OCH3 is 1. The smallest absolute Gasteiger partial charge is 0.330 e. The zero-order chi connectivity index (χ0) is 16.9. The summed E-state index contributed by atoms with van der Waals surface area (Å²) in [5, 5.41) is 4.40. The van der Waals surface area contributed by atoms with Gasteiger partial charge in [0.15, 0.2) is 0 Å². The number of allylic oxidation sites excluding steroid dienone is 1. The van der Waals surface area contributed by atoms with Crippen LogP contribution in [0.2, 0.25) is 0 Å². The maximum Gasteiger partial charge on any atom is 0.330 e. The molecular formula is C19H17N3O2. The van der Waals surface area contributed by atoms with Crippen molar-refractivity contribution in [2.75, 3.05) is 7.11 Å². The number of carbonyl (C=O) groups is 1. The van der Waals surface area contributed by atoms with Crippen molar-refractivity contribution >= 4 is 11.5 Å². The minimum Gasteiger partial charge on any atom is -0.466 e. The van der Waals surface area contributed by atoms with E-state index in [4.69, 9.17) is 0 Å². The fraction of sp³-hybridized carbons (Fsp3) is 0.105. The fourth-order valence-corrected chi connectivity index (χ4v) is 2.33. The fourth-order valence-electron chi connectivity index (χ4n) is 2.33. The summed E-state index contributed by atoms with van der Waals surface area (Å²) in [6, 6.07) is 11.9. The van der Waals surface area contributed by atoms with Gasteiger partial charge in [0, 0.05) is 35.8 Å². The number of nitrogens with zero attached hydrogens (tertiary/aromatic N) is 3. The molecule has 0 aliphatic heterocycles. The van der Waals surface area contributed by atoms with Crippen LogP contribution in [-0.4, -0.2) is 27.8 Å². The van der Waals surface area contributed by atoms with E-state index in [0.717, 1.165) is 28.0 Å². The summed E-state index contributed by atoms with van der Waals surface area (Å²) in [7, 11) is 1.36. The minimum atomic E-state index is -0.380. The summed E-state index contributed by atoms with van der Waals surface area (Å²) in [6.45, 7) is 1.85. The third kappa shape index (κ3) is 3.41. The van der Waals surface area contributed by atoms with Gasteiger partial charge in [-0.05, 0) is 36.3 Å². The molecule has 0 aliphatic rings. The van der Waals surface area contributed by atoms with Gasteiger partial charge in [-0.2, -0.15) is 5.10 Å².